The molecule has 1 nitrogen and oxygen atoms in total. The highest BCUT2D eigenvalue weighted by atomic mass is 19.4. The summed E-state index contributed by atoms with van der Waals surface area (Å²) in [4.78, 5) is 0.832. The molecule has 0 fully saturated rings. The van der Waals surface area contributed by atoms with Crippen molar-refractivity contribution in [1.29, 1.82) is 0 Å². The molecule has 14 heavy (non-hydrogen) atoms. The van der Waals surface area contributed by atoms with Crippen molar-refractivity contribution in [2.75, 3.05) is 13.1 Å². The van der Waals surface area contributed by atoms with Gasteiger partial charge in [0.25, 0.3) is 0 Å². The first kappa shape index (κ1) is 11.4. The molecule has 2 atom stereocenters. The average Bonchev–Trinajstić information content (AvgIpc) is 2.15. The molecule has 6 heteroatoms. The average molecular weight is 215 g/mol. The van der Waals surface area contributed by atoms with Crippen molar-refractivity contribution >= 4 is 0 Å². The van der Waals surface area contributed by atoms with Gasteiger partial charge in [0.15, 0.2) is 6.30 Å². The van der Waals surface area contributed by atoms with Gasteiger partial charge in [-0.3, -0.25) is 4.90 Å². The molecule has 0 aliphatic carbocycles. The number of alkyl halides is 5. The third-order valence-corrected chi connectivity index (χ3v) is 1.99. The zero-order valence-corrected chi connectivity index (χ0v) is 7.27. The lowest BCUT2D eigenvalue weighted by molar-refractivity contribution is -0.212. The first-order valence-corrected chi connectivity index (χ1v) is 4.17. The molecule has 0 amide bonds. The monoisotopic (exact) mass is 215 g/mol. The molecule has 0 aromatic rings. The summed E-state index contributed by atoms with van der Waals surface area (Å²) in [5.74, 6) is 0. The summed E-state index contributed by atoms with van der Waals surface area (Å²) < 4.78 is 60.9. The van der Waals surface area contributed by atoms with Gasteiger partial charge in [0, 0.05) is 13.1 Å². The highest BCUT2D eigenvalue weighted by Gasteiger charge is 2.48. The molecule has 1 rings (SSSR count). The fourth-order valence-corrected chi connectivity index (χ4v) is 1.22. The maximum absolute atomic E-state index is 13.0. The van der Waals surface area contributed by atoms with Gasteiger partial charge in [0.05, 0.1) is 0 Å². The van der Waals surface area contributed by atoms with Gasteiger partial charge >= 0.3 is 6.18 Å². The standard InChI is InChI=1S/C8H10F5N/c9-6(8(11,12)13)7(10)14-4-2-1-3-5-14/h1-2,6-7H,3-5H2. The lowest BCUT2D eigenvalue weighted by Gasteiger charge is -2.29. The van der Waals surface area contributed by atoms with Gasteiger partial charge < -0.3 is 0 Å². The molecule has 1 aliphatic rings. The van der Waals surface area contributed by atoms with E-state index in [0.29, 0.717) is 6.42 Å². The molecule has 0 saturated carbocycles. The van der Waals surface area contributed by atoms with Crippen LogP contribution in [0, 0.1) is 0 Å². The Kier molecular flexibility index (Phi) is 3.47. The summed E-state index contributed by atoms with van der Waals surface area (Å²) in [6.45, 7) is 0.145. The number of rotatable bonds is 2. The smallest absolute Gasteiger partial charge is 0.267 e. The van der Waals surface area contributed by atoms with E-state index in [1.807, 2.05) is 0 Å². The Labute approximate surface area is 78.2 Å². The maximum atomic E-state index is 13.0. The molecule has 0 aromatic carbocycles. The van der Waals surface area contributed by atoms with E-state index in [1.165, 1.54) is 6.08 Å². The van der Waals surface area contributed by atoms with Crippen LogP contribution in [0.1, 0.15) is 6.42 Å². The lowest BCUT2D eigenvalue weighted by atomic mass is 10.2. The van der Waals surface area contributed by atoms with Gasteiger partial charge in [-0.25, -0.2) is 8.78 Å². The fraction of sp³-hybridized carbons (Fsp3) is 0.750. The zero-order chi connectivity index (χ0) is 10.8. The normalized spacial score (nSPS) is 23.5. The Balaban J connectivity index is 2.55. The quantitative estimate of drug-likeness (QED) is 0.388. The summed E-state index contributed by atoms with van der Waals surface area (Å²) >= 11 is 0. The molecule has 82 valence electrons. The fourth-order valence-electron chi connectivity index (χ4n) is 1.22. The molecular weight excluding hydrogens is 205 g/mol. The van der Waals surface area contributed by atoms with Crippen molar-refractivity contribution in [1.82, 2.24) is 4.90 Å². The number of nitrogens with zero attached hydrogens (tertiary/aromatic N) is 1. The van der Waals surface area contributed by atoms with Crippen LogP contribution in [-0.4, -0.2) is 36.6 Å². The molecule has 0 N–H and O–H groups in total. The summed E-state index contributed by atoms with van der Waals surface area (Å²) in [7, 11) is 0. The Hall–Kier alpha value is -0.650. The number of halogens is 5. The second kappa shape index (κ2) is 4.25. The first-order valence-electron chi connectivity index (χ1n) is 4.17. The Morgan fingerprint density at radius 3 is 2.21 bits per heavy atom. The van der Waals surface area contributed by atoms with Gasteiger partial charge in [-0.15, -0.1) is 0 Å². The maximum Gasteiger partial charge on any atom is 0.423 e. The van der Waals surface area contributed by atoms with Crippen molar-refractivity contribution in [2.45, 2.75) is 25.1 Å². The third-order valence-electron chi connectivity index (χ3n) is 1.99. The van der Waals surface area contributed by atoms with Crippen LogP contribution in [0.3, 0.4) is 0 Å². The Morgan fingerprint density at radius 2 is 1.79 bits per heavy atom. The molecular formula is C8H10F5N. The van der Waals surface area contributed by atoms with Gasteiger partial charge in [0.2, 0.25) is 6.17 Å². The highest BCUT2D eigenvalue weighted by molar-refractivity contribution is 4.93. The minimum Gasteiger partial charge on any atom is -0.267 e. The summed E-state index contributed by atoms with van der Waals surface area (Å²) in [5, 5.41) is 0. The Morgan fingerprint density at radius 1 is 1.14 bits per heavy atom. The van der Waals surface area contributed by atoms with Gasteiger partial charge in [-0.2, -0.15) is 13.2 Å². The zero-order valence-electron chi connectivity index (χ0n) is 7.27. The van der Waals surface area contributed by atoms with Crippen molar-refractivity contribution in [2.24, 2.45) is 0 Å². The third kappa shape index (κ3) is 2.67. The predicted molar refractivity (Wildman–Crippen MR) is 41.2 cm³/mol. The van der Waals surface area contributed by atoms with Crippen molar-refractivity contribution in [3.63, 3.8) is 0 Å². The van der Waals surface area contributed by atoms with E-state index >= 15 is 0 Å². The van der Waals surface area contributed by atoms with E-state index in [0.717, 1.165) is 4.90 Å². The molecule has 0 radical (unpaired) electrons. The van der Waals surface area contributed by atoms with Gasteiger partial charge in [-0.05, 0) is 6.42 Å². The summed E-state index contributed by atoms with van der Waals surface area (Å²) in [6.07, 6.45) is -7.44. The Bertz CT molecular complexity index is 212. The number of hydrogen-bond acceptors (Lipinski definition) is 1. The first-order chi connectivity index (χ1) is 6.43. The van der Waals surface area contributed by atoms with Crippen LogP contribution in [0.5, 0.6) is 0 Å². The molecule has 1 aliphatic heterocycles. The summed E-state index contributed by atoms with van der Waals surface area (Å²) in [5.41, 5.74) is 0. The minimum atomic E-state index is -5.12. The van der Waals surface area contributed by atoms with E-state index in [1.54, 1.807) is 6.08 Å². The second-order valence-corrected chi connectivity index (χ2v) is 3.07. The van der Waals surface area contributed by atoms with E-state index in [2.05, 4.69) is 0 Å². The van der Waals surface area contributed by atoms with Crippen molar-refractivity contribution < 1.29 is 22.0 Å². The molecule has 1 heterocycles. The van der Waals surface area contributed by atoms with Crippen LogP contribution >= 0.6 is 0 Å². The highest BCUT2D eigenvalue weighted by Crippen LogP contribution is 2.28. The van der Waals surface area contributed by atoms with E-state index < -0.39 is 18.6 Å². The van der Waals surface area contributed by atoms with Crippen LogP contribution in [0.15, 0.2) is 12.2 Å². The van der Waals surface area contributed by atoms with Crippen LogP contribution in [-0.2, 0) is 0 Å². The van der Waals surface area contributed by atoms with Crippen LogP contribution in [0.2, 0.25) is 0 Å². The molecule has 2 unspecified atom stereocenters. The van der Waals surface area contributed by atoms with Crippen LogP contribution in [0.4, 0.5) is 22.0 Å². The van der Waals surface area contributed by atoms with Crippen molar-refractivity contribution in [3.8, 4) is 0 Å². The SMILES string of the molecule is FC(C(F)C(F)(F)F)N1CC=CCC1. The number of hydrogen-bond donors (Lipinski definition) is 0. The molecule has 0 saturated heterocycles. The lowest BCUT2D eigenvalue weighted by Crippen LogP contribution is -2.46. The van der Waals surface area contributed by atoms with Gasteiger partial charge in [-0.1, -0.05) is 12.2 Å². The van der Waals surface area contributed by atoms with Crippen LogP contribution < -0.4 is 0 Å². The predicted octanol–water partition coefficient (Wildman–Crippen LogP) is 2.44. The molecule has 0 aromatic heterocycles. The topological polar surface area (TPSA) is 3.24 Å². The van der Waals surface area contributed by atoms with E-state index in [-0.39, 0.29) is 13.1 Å². The van der Waals surface area contributed by atoms with Gasteiger partial charge in [0.1, 0.15) is 0 Å². The largest absolute Gasteiger partial charge is 0.423 e. The van der Waals surface area contributed by atoms with Crippen molar-refractivity contribution in [3.05, 3.63) is 12.2 Å². The minimum absolute atomic E-state index is 0.0255. The van der Waals surface area contributed by atoms with E-state index in [4.69, 9.17) is 0 Å². The summed E-state index contributed by atoms with van der Waals surface area (Å²) in [6, 6.07) is 0. The van der Waals surface area contributed by atoms with Crippen LogP contribution in [0.25, 0.3) is 0 Å². The molecule has 0 bridgehead atoms. The van der Waals surface area contributed by atoms with E-state index in [9.17, 15) is 22.0 Å². The second-order valence-electron chi connectivity index (χ2n) is 3.07. The molecule has 0 spiro atoms.